The molecule has 2 atom stereocenters. The van der Waals surface area contributed by atoms with E-state index < -0.39 is 31.9 Å². The number of nitrogens with one attached hydrogen (secondary N) is 2. The van der Waals surface area contributed by atoms with Crippen LogP contribution in [-0.2, 0) is 12.8 Å². The van der Waals surface area contributed by atoms with Gasteiger partial charge in [-0.25, -0.2) is 0 Å². The van der Waals surface area contributed by atoms with Crippen molar-refractivity contribution in [2.24, 2.45) is 0 Å². The fraction of sp³-hybridized carbons (Fsp3) is 0.0909. The quantitative estimate of drug-likeness (QED) is 0.0824. The largest absolute Gasteiger partial charge is 0.384 e. The maximum atomic E-state index is 12.0. The van der Waals surface area contributed by atoms with E-state index in [0.717, 1.165) is 0 Å². The molecule has 7 aromatic rings. The Morgan fingerprint density at radius 2 is 0.726 bits per heavy atom. The molecular formula is C44H30N8O10. The Balaban J connectivity index is 1.50. The Morgan fingerprint density at radius 3 is 1.03 bits per heavy atom. The monoisotopic (exact) mass is 830 g/mol. The highest BCUT2D eigenvalue weighted by atomic mass is 16.6. The van der Waals surface area contributed by atoms with Gasteiger partial charge in [0.05, 0.1) is 42.5 Å². The standard InChI is InChI=1S/C44H30N8O10/c53-43-41-39(25-7-3-11-29(21-25)51(59)60)35-17-15-33(46-35)37(23-5-1-9-27(19-23)49(55)56)31-13-14-32(45-31)38(24-6-2-10-28(20-24)50(57)58)34-16-18-36(47-34)40(42(48-41)44(43)54)26-8-4-12-30(22-26)52(61)62/h1-12,15-22,43-44,46-47,53-54H,13-14H2/t43-,44+. The number of hydrogen-bond donors (Lipinski definition) is 4. The molecule has 0 saturated carbocycles. The molecule has 0 unspecified atom stereocenters. The first kappa shape index (κ1) is 39.0. The van der Waals surface area contributed by atoms with E-state index in [1.54, 1.807) is 60.7 Å². The minimum absolute atomic E-state index is 0.0854. The van der Waals surface area contributed by atoms with Crippen molar-refractivity contribution in [3.05, 3.63) is 185 Å². The number of non-ortho nitro benzene ring substituents is 4. The van der Waals surface area contributed by atoms with E-state index in [0.29, 0.717) is 68.6 Å². The van der Waals surface area contributed by atoms with Crippen molar-refractivity contribution < 1.29 is 29.9 Å². The lowest BCUT2D eigenvalue weighted by Crippen LogP contribution is -2.05. The van der Waals surface area contributed by atoms with Crippen molar-refractivity contribution in [2.75, 3.05) is 0 Å². The highest BCUT2D eigenvalue weighted by molar-refractivity contribution is 5.93. The molecule has 0 amide bonds. The van der Waals surface area contributed by atoms with Crippen LogP contribution in [0.25, 0.3) is 66.6 Å². The Labute approximate surface area is 348 Å². The molecule has 0 radical (unpaired) electrons. The van der Waals surface area contributed by atoms with Gasteiger partial charge in [-0.05, 0) is 59.4 Å². The van der Waals surface area contributed by atoms with Gasteiger partial charge in [-0.15, -0.1) is 0 Å². The van der Waals surface area contributed by atoms with Crippen molar-refractivity contribution in [1.82, 2.24) is 19.9 Å². The fourth-order valence-corrected chi connectivity index (χ4v) is 8.15. The van der Waals surface area contributed by atoms with Crippen molar-refractivity contribution >= 4 is 44.8 Å². The smallest absolute Gasteiger partial charge is 0.270 e. The number of aliphatic hydroxyl groups excluding tert-OH is 2. The third kappa shape index (κ3) is 6.85. The van der Waals surface area contributed by atoms with Gasteiger partial charge in [0.1, 0.15) is 12.2 Å². The first-order chi connectivity index (χ1) is 29.9. The zero-order chi connectivity index (χ0) is 43.4. The summed E-state index contributed by atoms with van der Waals surface area (Å²) in [4.78, 5) is 62.6. The van der Waals surface area contributed by atoms with Gasteiger partial charge in [0.15, 0.2) is 0 Å². The molecule has 9 rings (SSSR count). The van der Waals surface area contributed by atoms with Crippen molar-refractivity contribution in [3.8, 4) is 44.5 Å². The Kier molecular flexibility index (Phi) is 9.61. The molecule has 18 nitrogen and oxygen atoms in total. The molecule has 4 aromatic carbocycles. The first-order valence-electron chi connectivity index (χ1n) is 19.0. The van der Waals surface area contributed by atoms with Crippen LogP contribution in [0.5, 0.6) is 0 Å². The third-order valence-electron chi connectivity index (χ3n) is 10.9. The maximum absolute atomic E-state index is 12.0. The van der Waals surface area contributed by atoms with Crippen LogP contribution in [0.4, 0.5) is 22.7 Å². The number of nitrogens with zero attached hydrogens (tertiary/aromatic N) is 6. The van der Waals surface area contributed by atoms with Crippen LogP contribution in [0.3, 0.4) is 0 Å². The predicted molar refractivity (Wildman–Crippen MR) is 227 cm³/mol. The van der Waals surface area contributed by atoms with Crippen LogP contribution in [0, 0.1) is 40.5 Å². The zero-order valence-electron chi connectivity index (χ0n) is 32.0. The number of fused-ring (bicyclic) bond motifs is 8. The normalized spacial score (nSPS) is 14.7. The van der Waals surface area contributed by atoms with Crippen LogP contribution < -0.4 is 0 Å². The van der Waals surface area contributed by atoms with E-state index in [-0.39, 0.29) is 56.4 Å². The van der Waals surface area contributed by atoms with E-state index in [1.807, 2.05) is 0 Å². The van der Waals surface area contributed by atoms with Gasteiger partial charge in [0, 0.05) is 92.9 Å². The molecule has 62 heavy (non-hydrogen) atoms. The molecule has 0 fully saturated rings. The summed E-state index contributed by atoms with van der Waals surface area (Å²) in [7, 11) is 0. The topological polar surface area (TPSA) is 270 Å². The second-order valence-electron chi connectivity index (χ2n) is 14.6. The summed E-state index contributed by atoms with van der Waals surface area (Å²) in [6.45, 7) is 0. The summed E-state index contributed by atoms with van der Waals surface area (Å²) in [5, 5.41) is 72.0. The number of aliphatic hydroxyl groups is 2. The number of nitro groups is 4. The molecule has 3 aromatic heterocycles. The van der Waals surface area contributed by atoms with Crippen LogP contribution in [0.15, 0.2) is 121 Å². The molecule has 18 heteroatoms. The second-order valence-corrected chi connectivity index (χ2v) is 14.6. The zero-order valence-corrected chi connectivity index (χ0v) is 32.0. The van der Waals surface area contributed by atoms with Crippen molar-refractivity contribution in [2.45, 2.75) is 25.0 Å². The molecule has 0 aliphatic carbocycles. The van der Waals surface area contributed by atoms with Gasteiger partial charge in [0.2, 0.25) is 0 Å². The second kappa shape index (κ2) is 15.3. The lowest BCUT2D eigenvalue weighted by atomic mass is 9.97. The minimum Gasteiger partial charge on any atom is -0.384 e. The fourth-order valence-electron chi connectivity index (χ4n) is 8.15. The SMILES string of the molecule is O=[N+]([O-])c1cccc(-c2c3nc(c(-c4cccc([N+](=O)[O-])c4)c4ccc([nH]4)c(-c4cccc([N+](=O)[O-])c4)c4nc(c(-c5cccc([N+](=O)[O-])c5)c5ccc2[nH]5)[C@@H](O)[C@H]4O)CC3)c1. The van der Waals surface area contributed by atoms with Crippen LogP contribution >= 0.6 is 0 Å². The molecule has 0 saturated heterocycles. The molecule has 2 aliphatic rings. The highest BCUT2D eigenvalue weighted by Gasteiger charge is 2.35. The number of nitro benzene ring substituents is 4. The van der Waals surface area contributed by atoms with E-state index in [4.69, 9.17) is 9.97 Å². The van der Waals surface area contributed by atoms with E-state index >= 15 is 0 Å². The van der Waals surface area contributed by atoms with Gasteiger partial charge < -0.3 is 20.2 Å². The number of H-pyrrole nitrogens is 2. The number of aryl methyl sites for hydroxylation is 2. The summed E-state index contributed by atoms with van der Waals surface area (Å²) in [5.74, 6) is 0. The molecular weight excluding hydrogens is 801 g/mol. The van der Waals surface area contributed by atoms with Crippen molar-refractivity contribution in [1.29, 1.82) is 0 Å². The van der Waals surface area contributed by atoms with Gasteiger partial charge in [-0.3, -0.25) is 50.4 Å². The Bertz CT molecular complexity index is 3020. The molecule has 8 bridgehead atoms. The summed E-state index contributed by atoms with van der Waals surface area (Å²) < 4.78 is 0. The first-order valence-corrected chi connectivity index (χ1v) is 19.0. The number of hydrogen-bond acceptors (Lipinski definition) is 12. The summed E-state index contributed by atoms with van der Waals surface area (Å²) >= 11 is 0. The average molecular weight is 831 g/mol. The minimum atomic E-state index is -1.73. The number of benzene rings is 4. The van der Waals surface area contributed by atoms with Crippen LogP contribution in [0.1, 0.15) is 35.0 Å². The van der Waals surface area contributed by atoms with Gasteiger partial charge in [0.25, 0.3) is 22.7 Å². The summed E-state index contributed by atoms with van der Waals surface area (Å²) in [6, 6.07) is 30.0. The summed E-state index contributed by atoms with van der Waals surface area (Å²) in [6.07, 6.45) is -2.80. The average Bonchev–Trinajstić information content (AvgIpc) is 4.10. The maximum Gasteiger partial charge on any atom is 0.270 e. The van der Waals surface area contributed by atoms with Gasteiger partial charge >= 0.3 is 0 Å². The molecule has 4 N–H and O–H groups in total. The lowest BCUT2D eigenvalue weighted by molar-refractivity contribution is -0.385. The van der Waals surface area contributed by atoms with E-state index in [2.05, 4.69) is 9.97 Å². The lowest BCUT2D eigenvalue weighted by Gasteiger charge is -2.13. The predicted octanol–water partition coefficient (Wildman–Crippen LogP) is 9.17. The van der Waals surface area contributed by atoms with Crippen molar-refractivity contribution in [3.63, 3.8) is 0 Å². The molecule has 0 spiro atoms. The highest BCUT2D eigenvalue weighted by Crippen LogP contribution is 2.45. The van der Waals surface area contributed by atoms with Gasteiger partial charge in [-0.2, -0.15) is 0 Å². The van der Waals surface area contributed by atoms with Crippen LogP contribution in [0.2, 0.25) is 0 Å². The Morgan fingerprint density at radius 1 is 0.435 bits per heavy atom. The number of rotatable bonds is 8. The Hall–Kier alpha value is -8.48. The molecule has 306 valence electrons. The van der Waals surface area contributed by atoms with E-state index in [9.17, 15) is 50.7 Å². The number of aromatic amines is 2. The van der Waals surface area contributed by atoms with E-state index in [1.165, 1.54) is 60.7 Å². The molecule has 5 heterocycles. The summed E-state index contributed by atoms with van der Waals surface area (Å²) in [5.41, 5.74) is 4.11. The third-order valence-corrected chi connectivity index (χ3v) is 10.9. The van der Waals surface area contributed by atoms with Gasteiger partial charge in [-0.1, -0.05) is 48.5 Å². The molecule has 2 aliphatic heterocycles. The van der Waals surface area contributed by atoms with Crippen LogP contribution in [-0.4, -0.2) is 49.8 Å². The number of aromatic nitrogens is 4.